The molecule has 2 atom stereocenters. The van der Waals surface area contributed by atoms with Crippen LogP contribution >= 0.6 is 0 Å². The van der Waals surface area contributed by atoms with Gasteiger partial charge >= 0.3 is 0 Å². The Morgan fingerprint density at radius 2 is 1.95 bits per heavy atom. The Labute approximate surface area is 131 Å². The van der Waals surface area contributed by atoms with Crippen LogP contribution in [0.2, 0.25) is 0 Å². The predicted octanol–water partition coefficient (Wildman–Crippen LogP) is 2.88. The predicted molar refractivity (Wildman–Crippen MR) is 90.6 cm³/mol. The topological polar surface area (TPSA) is 12.5 Å². The highest BCUT2D eigenvalue weighted by molar-refractivity contribution is 5.78. The number of allylic oxidation sites excluding steroid dienone is 4. The van der Waals surface area contributed by atoms with Gasteiger partial charge in [0, 0.05) is 5.92 Å². The van der Waals surface area contributed by atoms with Crippen molar-refractivity contribution < 1.29 is 4.74 Å². The van der Waals surface area contributed by atoms with Gasteiger partial charge in [-0.2, -0.15) is 0 Å². The molecule has 1 fully saturated rings. The lowest BCUT2D eigenvalue weighted by molar-refractivity contribution is 0.387. The van der Waals surface area contributed by atoms with Gasteiger partial charge in [-0.15, -0.1) is 0 Å². The van der Waals surface area contributed by atoms with Crippen molar-refractivity contribution in [3.8, 4) is 0 Å². The first-order valence-electron chi connectivity index (χ1n) is 8.35. The summed E-state index contributed by atoms with van der Waals surface area (Å²) >= 11 is 0. The van der Waals surface area contributed by atoms with Crippen LogP contribution in [0.3, 0.4) is 0 Å². The van der Waals surface area contributed by atoms with E-state index in [1.54, 1.807) is 11.1 Å². The lowest BCUT2D eigenvalue weighted by Gasteiger charge is -2.24. The fourth-order valence-electron chi connectivity index (χ4n) is 4.28. The van der Waals surface area contributed by atoms with Gasteiger partial charge in [0.1, 0.15) is 0 Å². The van der Waals surface area contributed by atoms with Gasteiger partial charge in [-0.1, -0.05) is 48.1 Å². The first-order chi connectivity index (χ1) is 10.8. The fraction of sp³-hybridized carbons (Fsp3) is 0.333. The molecule has 0 N–H and O–H groups in total. The summed E-state index contributed by atoms with van der Waals surface area (Å²) in [7, 11) is 0. The molecule has 0 spiro atoms. The zero-order chi connectivity index (χ0) is 14.7. The Balaban J connectivity index is 1.80. The molecule has 1 aromatic carbocycles. The summed E-state index contributed by atoms with van der Waals surface area (Å²) in [4.78, 5) is 0. The third-order valence-corrected chi connectivity index (χ3v) is 5.58. The quantitative estimate of drug-likeness (QED) is 0.724. The Hall–Kier alpha value is -1.86. The molecule has 1 nitrogen and oxygen atoms in total. The minimum absolute atomic E-state index is 0.422. The maximum atomic E-state index is 5.52. The summed E-state index contributed by atoms with van der Waals surface area (Å²) in [6, 6.07) is 4.68. The van der Waals surface area contributed by atoms with Gasteiger partial charge in [-0.05, 0) is 58.9 Å². The van der Waals surface area contributed by atoms with Crippen molar-refractivity contribution in [2.24, 2.45) is 5.92 Å². The zero-order valence-corrected chi connectivity index (χ0v) is 12.9. The highest BCUT2D eigenvalue weighted by Crippen LogP contribution is 2.32. The highest BCUT2D eigenvalue weighted by atomic mass is 16.6. The largest absolute Gasteiger partial charge is 0.372 e. The summed E-state index contributed by atoms with van der Waals surface area (Å²) < 4.78 is 5.52. The molecule has 0 saturated carbocycles. The SMILES string of the molecule is CC1=c2ccc3c(c2C=CC1C1CO1)CCC1=CCC=CC=31. The Bertz CT molecular complexity index is 875. The van der Waals surface area contributed by atoms with Crippen molar-refractivity contribution in [2.75, 3.05) is 6.61 Å². The molecule has 2 unspecified atom stereocenters. The van der Waals surface area contributed by atoms with Crippen LogP contribution in [0.1, 0.15) is 30.9 Å². The monoisotopic (exact) mass is 288 g/mol. The maximum Gasteiger partial charge on any atom is 0.0909 e. The Kier molecular flexibility index (Phi) is 2.63. The second-order valence-electron chi connectivity index (χ2n) is 6.77. The van der Waals surface area contributed by atoms with Gasteiger partial charge in [-0.25, -0.2) is 0 Å². The second-order valence-corrected chi connectivity index (χ2v) is 6.77. The Morgan fingerprint density at radius 3 is 2.82 bits per heavy atom. The van der Waals surface area contributed by atoms with E-state index in [1.165, 1.54) is 40.0 Å². The minimum atomic E-state index is 0.422. The molecule has 1 heteroatoms. The smallest absolute Gasteiger partial charge is 0.0909 e. The van der Waals surface area contributed by atoms with Gasteiger partial charge in [-0.3, -0.25) is 0 Å². The van der Waals surface area contributed by atoms with E-state index in [-0.39, 0.29) is 0 Å². The van der Waals surface area contributed by atoms with E-state index in [0.29, 0.717) is 12.0 Å². The number of fused-ring (bicyclic) bond motifs is 4. The average Bonchev–Trinajstić information content (AvgIpc) is 3.39. The van der Waals surface area contributed by atoms with Gasteiger partial charge in [0.15, 0.2) is 0 Å². The number of ether oxygens (including phenoxy) is 1. The van der Waals surface area contributed by atoms with E-state index in [9.17, 15) is 0 Å². The van der Waals surface area contributed by atoms with Crippen molar-refractivity contribution >= 4 is 17.2 Å². The summed E-state index contributed by atoms with van der Waals surface area (Å²) in [5, 5.41) is 2.89. The van der Waals surface area contributed by atoms with Crippen molar-refractivity contribution in [3.63, 3.8) is 0 Å². The maximum absolute atomic E-state index is 5.52. The molecular formula is C21H20O. The Morgan fingerprint density at radius 1 is 1.09 bits per heavy atom. The number of epoxide rings is 1. The molecular weight excluding hydrogens is 268 g/mol. The molecule has 4 aliphatic rings. The molecule has 110 valence electrons. The van der Waals surface area contributed by atoms with Gasteiger partial charge in [0.05, 0.1) is 12.7 Å². The number of hydrogen-bond donors (Lipinski definition) is 0. The summed E-state index contributed by atoms with van der Waals surface area (Å²) in [5.41, 5.74) is 7.47. The average molecular weight is 288 g/mol. The van der Waals surface area contributed by atoms with Crippen molar-refractivity contribution in [2.45, 2.75) is 32.3 Å². The molecule has 3 aliphatic carbocycles. The number of hydrogen-bond acceptors (Lipinski definition) is 1. The fourth-order valence-corrected chi connectivity index (χ4v) is 4.28. The molecule has 1 aliphatic heterocycles. The standard InChI is InChI=1S/C21H20O/c1-13-15-8-10-19-17-5-3-2-4-14(17)6-7-20(19)18(15)11-9-16(13)21-12-22-21/h3-5,8-11,16,21H,2,6-7,12H2,1H3. The van der Waals surface area contributed by atoms with E-state index >= 15 is 0 Å². The van der Waals surface area contributed by atoms with Gasteiger partial charge in [0.2, 0.25) is 0 Å². The van der Waals surface area contributed by atoms with Crippen LogP contribution in [0.4, 0.5) is 0 Å². The van der Waals surface area contributed by atoms with Crippen molar-refractivity contribution in [3.05, 3.63) is 63.6 Å². The van der Waals surface area contributed by atoms with Crippen LogP contribution in [-0.4, -0.2) is 12.7 Å². The van der Waals surface area contributed by atoms with Crippen LogP contribution in [0, 0.1) is 5.92 Å². The molecule has 0 amide bonds. The minimum Gasteiger partial charge on any atom is -0.372 e. The zero-order valence-electron chi connectivity index (χ0n) is 12.9. The molecule has 1 aromatic rings. The van der Waals surface area contributed by atoms with Crippen LogP contribution in [0.15, 0.2) is 42.0 Å². The van der Waals surface area contributed by atoms with Crippen molar-refractivity contribution in [1.82, 2.24) is 0 Å². The van der Waals surface area contributed by atoms with E-state index in [1.807, 2.05) is 0 Å². The van der Waals surface area contributed by atoms with E-state index < -0.39 is 0 Å². The van der Waals surface area contributed by atoms with E-state index in [4.69, 9.17) is 4.74 Å². The summed E-state index contributed by atoms with van der Waals surface area (Å²) in [6.07, 6.45) is 15.6. The normalized spacial score (nSPS) is 28.0. The summed E-state index contributed by atoms with van der Waals surface area (Å²) in [5.74, 6) is 0.479. The van der Waals surface area contributed by atoms with E-state index in [0.717, 1.165) is 13.0 Å². The lowest BCUT2D eigenvalue weighted by Crippen LogP contribution is -2.29. The molecule has 1 heterocycles. The first kappa shape index (κ1) is 12.7. The van der Waals surface area contributed by atoms with Crippen LogP contribution in [-0.2, 0) is 11.2 Å². The molecule has 5 rings (SSSR count). The molecule has 0 radical (unpaired) electrons. The third-order valence-electron chi connectivity index (χ3n) is 5.58. The van der Waals surface area contributed by atoms with Crippen molar-refractivity contribution in [1.29, 1.82) is 0 Å². The summed E-state index contributed by atoms with van der Waals surface area (Å²) in [6.45, 7) is 3.20. The first-order valence-corrected chi connectivity index (χ1v) is 8.35. The third kappa shape index (κ3) is 1.75. The molecule has 22 heavy (non-hydrogen) atoms. The molecule has 0 aromatic heterocycles. The van der Waals surface area contributed by atoms with Gasteiger partial charge in [0.25, 0.3) is 0 Å². The van der Waals surface area contributed by atoms with Crippen LogP contribution < -0.4 is 10.4 Å². The second kappa shape index (κ2) is 4.57. The van der Waals surface area contributed by atoms with E-state index in [2.05, 4.69) is 49.4 Å². The number of rotatable bonds is 1. The molecule has 1 saturated heterocycles. The molecule has 0 bridgehead atoms. The van der Waals surface area contributed by atoms with Gasteiger partial charge < -0.3 is 4.74 Å². The van der Waals surface area contributed by atoms with Crippen LogP contribution in [0.25, 0.3) is 17.2 Å². The van der Waals surface area contributed by atoms with Crippen LogP contribution in [0.5, 0.6) is 0 Å². The lowest BCUT2D eigenvalue weighted by atomic mass is 9.80. The highest BCUT2D eigenvalue weighted by Gasteiger charge is 2.33. The number of benzene rings is 1.